The van der Waals surface area contributed by atoms with E-state index in [1.807, 2.05) is 58.8 Å². The van der Waals surface area contributed by atoms with Gasteiger partial charge in [0, 0.05) is 11.7 Å². The van der Waals surface area contributed by atoms with Crippen LogP contribution in [0.15, 0.2) is 45.6 Å². The number of rotatable bonds is 7. The molecule has 1 aromatic carbocycles. The number of thioether (sulfide) groups is 1. The SMILES string of the molecule is CC[C@H](C)NC(=O)CC1=CSC2=NC(C)=C(C(=O)OC(C)C)[C@@H](c3cc(C)ccc3C)N12. The molecule has 0 unspecified atom stereocenters. The molecular formula is C25H33N3O3S. The number of hydrogen-bond donors (Lipinski definition) is 1. The Bertz CT molecular complexity index is 1010. The summed E-state index contributed by atoms with van der Waals surface area (Å²) in [5.74, 6) is -0.406. The van der Waals surface area contributed by atoms with Gasteiger partial charge in [-0.25, -0.2) is 9.79 Å². The second kappa shape index (κ2) is 9.94. The molecule has 2 aliphatic heterocycles. The monoisotopic (exact) mass is 455 g/mol. The molecule has 0 saturated carbocycles. The molecule has 0 radical (unpaired) electrons. The molecule has 0 aliphatic carbocycles. The maximum absolute atomic E-state index is 13.2. The van der Waals surface area contributed by atoms with Gasteiger partial charge >= 0.3 is 5.97 Å². The van der Waals surface area contributed by atoms with Gasteiger partial charge in [0.05, 0.1) is 29.8 Å². The van der Waals surface area contributed by atoms with E-state index in [1.165, 1.54) is 11.8 Å². The molecule has 2 atom stereocenters. The van der Waals surface area contributed by atoms with Gasteiger partial charge in [0.2, 0.25) is 5.91 Å². The third kappa shape index (κ3) is 5.09. The highest BCUT2D eigenvalue weighted by Crippen LogP contribution is 2.45. The number of carbonyl (C=O) groups is 2. The van der Waals surface area contributed by atoms with Gasteiger partial charge < -0.3 is 15.0 Å². The molecule has 172 valence electrons. The number of aryl methyl sites for hydroxylation is 2. The van der Waals surface area contributed by atoms with Crippen molar-refractivity contribution in [2.75, 3.05) is 0 Å². The second-order valence-electron chi connectivity index (χ2n) is 8.76. The van der Waals surface area contributed by atoms with Crippen LogP contribution in [0.25, 0.3) is 0 Å². The van der Waals surface area contributed by atoms with Crippen LogP contribution in [0, 0.1) is 13.8 Å². The van der Waals surface area contributed by atoms with Crippen molar-refractivity contribution in [3.05, 3.63) is 57.3 Å². The third-order valence-electron chi connectivity index (χ3n) is 5.65. The Morgan fingerprint density at radius 2 is 1.94 bits per heavy atom. The maximum Gasteiger partial charge on any atom is 0.338 e. The normalized spacial score (nSPS) is 18.9. The molecule has 0 spiro atoms. The van der Waals surface area contributed by atoms with Crippen molar-refractivity contribution in [1.82, 2.24) is 10.2 Å². The van der Waals surface area contributed by atoms with Gasteiger partial charge in [-0.2, -0.15) is 0 Å². The Hall–Kier alpha value is -2.54. The average molecular weight is 456 g/mol. The third-order valence-corrected chi connectivity index (χ3v) is 6.54. The topological polar surface area (TPSA) is 71.0 Å². The first-order valence-electron chi connectivity index (χ1n) is 11.1. The summed E-state index contributed by atoms with van der Waals surface area (Å²) in [5.41, 5.74) is 5.21. The van der Waals surface area contributed by atoms with Crippen LogP contribution in [0.5, 0.6) is 0 Å². The lowest BCUT2D eigenvalue weighted by Crippen LogP contribution is -2.39. The fourth-order valence-corrected chi connectivity index (χ4v) is 4.81. The van der Waals surface area contributed by atoms with Crippen LogP contribution in [-0.2, 0) is 14.3 Å². The number of hydrogen-bond acceptors (Lipinski definition) is 6. The zero-order valence-electron chi connectivity index (χ0n) is 20.0. The lowest BCUT2D eigenvalue weighted by Gasteiger charge is -2.37. The fourth-order valence-electron chi connectivity index (χ4n) is 3.85. The molecule has 0 saturated heterocycles. The zero-order valence-corrected chi connectivity index (χ0v) is 20.8. The van der Waals surface area contributed by atoms with Gasteiger partial charge in [0.15, 0.2) is 5.17 Å². The molecule has 1 aromatic rings. The zero-order chi connectivity index (χ0) is 23.6. The first kappa shape index (κ1) is 24.1. The van der Waals surface area contributed by atoms with Gasteiger partial charge in [0.1, 0.15) is 0 Å². The van der Waals surface area contributed by atoms with Crippen LogP contribution in [0.4, 0.5) is 0 Å². The van der Waals surface area contributed by atoms with E-state index in [4.69, 9.17) is 9.73 Å². The summed E-state index contributed by atoms with van der Waals surface area (Å²) in [6, 6.07) is 5.96. The molecule has 2 heterocycles. The van der Waals surface area contributed by atoms with Crippen LogP contribution in [0.3, 0.4) is 0 Å². The lowest BCUT2D eigenvalue weighted by molar-refractivity contribution is -0.143. The van der Waals surface area contributed by atoms with Crippen LogP contribution in [-0.4, -0.2) is 34.1 Å². The molecule has 3 rings (SSSR count). The standard InChI is InChI=1S/C25H33N3O3S/c1-8-17(6)26-21(29)12-19-13-32-25-27-18(7)22(24(30)31-14(2)3)23(28(19)25)20-11-15(4)9-10-16(20)5/h9-11,13-14,17,23H,8,12H2,1-7H3,(H,26,29)/t17-,23+/m0/s1. The number of allylic oxidation sites excluding steroid dienone is 1. The van der Waals surface area contributed by atoms with Crippen LogP contribution < -0.4 is 5.32 Å². The largest absolute Gasteiger partial charge is 0.459 e. The van der Waals surface area contributed by atoms with Gasteiger partial charge in [0.25, 0.3) is 0 Å². The fraction of sp³-hybridized carbons (Fsp3) is 0.480. The van der Waals surface area contributed by atoms with Gasteiger partial charge in [-0.1, -0.05) is 42.4 Å². The molecule has 1 N–H and O–H groups in total. The van der Waals surface area contributed by atoms with Crippen molar-refractivity contribution >= 4 is 28.8 Å². The number of fused-ring (bicyclic) bond motifs is 1. The molecule has 32 heavy (non-hydrogen) atoms. The van der Waals surface area contributed by atoms with Crippen molar-refractivity contribution in [2.24, 2.45) is 4.99 Å². The van der Waals surface area contributed by atoms with E-state index in [0.717, 1.165) is 34.0 Å². The first-order valence-corrected chi connectivity index (χ1v) is 12.0. The number of ether oxygens (including phenoxy) is 1. The first-order chi connectivity index (χ1) is 15.1. The summed E-state index contributed by atoms with van der Waals surface area (Å²) in [5, 5.41) is 5.78. The Kier molecular flexibility index (Phi) is 7.49. The number of nitrogens with one attached hydrogen (secondary N) is 1. The van der Waals surface area contributed by atoms with E-state index in [1.54, 1.807) is 0 Å². The Labute approximate surface area is 195 Å². The van der Waals surface area contributed by atoms with E-state index in [2.05, 4.69) is 23.5 Å². The van der Waals surface area contributed by atoms with Crippen molar-refractivity contribution in [1.29, 1.82) is 0 Å². The number of esters is 1. The van der Waals surface area contributed by atoms with E-state index in [-0.39, 0.29) is 30.4 Å². The maximum atomic E-state index is 13.2. The van der Waals surface area contributed by atoms with E-state index < -0.39 is 6.04 Å². The number of carbonyl (C=O) groups excluding carboxylic acids is 2. The van der Waals surface area contributed by atoms with Gasteiger partial charge in [-0.15, -0.1) is 0 Å². The minimum atomic E-state index is -0.397. The quantitative estimate of drug-likeness (QED) is 0.577. The highest BCUT2D eigenvalue weighted by Gasteiger charge is 2.41. The van der Waals surface area contributed by atoms with Crippen LogP contribution in [0.2, 0.25) is 0 Å². The highest BCUT2D eigenvalue weighted by atomic mass is 32.2. The molecule has 6 nitrogen and oxygen atoms in total. The predicted octanol–water partition coefficient (Wildman–Crippen LogP) is 5.13. The van der Waals surface area contributed by atoms with E-state index >= 15 is 0 Å². The number of amidine groups is 1. The van der Waals surface area contributed by atoms with Crippen LogP contribution in [0.1, 0.15) is 70.2 Å². The van der Waals surface area contributed by atoms with Gasteiger partial charge in [-0.05, 0) is 64.5 Å². The Balaban J connectivity index is 2.06. The molecule has 2 aliphatic rings. The summed E-state index contributed by atoms with van der Waals surface area (Å²) in [7, 11) is 0. The molecule has 0 aromatic heterocycles. The smallest absolute Gasteiger partial charge is 0.338 e. The highest BCUT2D eigenvalue weighted by molar-refractivity contribution is 8.16. The van der Waals surface area contributed by atoms with Crippen molar-refractivity contribution in [2.45, 2.75) is 79.5 Å². The second-order valence-corrected chi connectivity index (χ2v) is 9.60. The van der Waals surface area contributed by atoms with E-state index in [0.29, 0.717) is 11.3 Å². The summed E-state index contributed by atoms with van der Waals surface area (Å²) in [6.45, 7) is 13.7. The van der Waals surface area contributed by atoms with Gasteiger partial charge in [-0.3, -0.25) is 4.79 Å². The predicted molar refractivity (Wildman–Crippen MR) is 130 cm³/mol. The van der Waals surface area contributed by atoms with Crippen molar-refractivity contribution < 1.29 is 14.3 Å². The van der Waals surface area contributed by atoms with Crippen LogP contribution >= 0.6 is 11.8 Å². The Morgan fingerprint density at radius 1 is 1.22 bits per heavy atom. The molecule has 0 fully saturated rings. The van der Waals surface area contributed by atoms with E-state index in [9.17, 15) is 9.59 Å². The summed E-state index contributed by atoms with van der Waals surface area (Å²) < 4.78 is 5.62. The molecule has 0 bridgehead atoms. The Morgan fingerprint density at radius 3 is 2.59 bits per heavy atom. The number of benzene rings is 1. The average Bonchev–Trinajstić information content (AvgIpc) is 3.09. The summed E-state index contributed by atoms with van der Waals surface area (Å²) >= 11 is 1.49. The minimum Gasteiger partial charge on any atom is -0.459 e. The molecule has 1 amide bonds. The lowest BCUT2D eigenvalue weighted by atomic mass is 9.90. The minimum absolute atomic E-state index is 0.0373. The number of amides is 1. The summed E-state index contributed by atoms with van der Waals surface area (Å²) in [4.78, 5) is 32.7. The summed E-state index contributed by atoms with van der Waals surface area (Å²) in [6.07, 6.45) is 0.856. The van der Waals surface area contributed by atoms with Crippen molar-refractivity contribution in [3.8, 4) is 0 Å². The number of aliphatic imine (C=N–C) groups is 1. The number of nitrogens with zero attached hydrogens (tertiary/aromatic N) is 2. The molecular weight excluding hydrogens is 422 g/mol. The van der Waals surface area contributed by atoms with Crippen molar-refractivity contribution in [3.63, 3.8) is 0 Å². The molecule has 7 heteroatoms.